The van der Waals surface area contributed by atoms with Gasteiger partial charge in [0.15, 0.2) is 11.5 Å². The topological polar surface area (TPSA) is 43.6 Å². The highest BCUT2D eigenvalue weighted by atomic mass is 19.1. The minimum atomic E-state index is -0.522. The van der Waals surface area contributed by atoms with Crippen molar-refractivity contribution in [2.75, 3.05) is 6.61 Å². The smallest absolute Gasteiger partial charge is 0.261 e. The normalized spacial score (nSPS) is 11.8. The Kier molecular flexibility index (Phi) is 3.30. The van der Waals surface area contributed by atoms with Gasteiger partial charge in [-0.15, -0.1) is 0 Å². The van der Waals surface area contributed by atoms with Crippen LogP contribution in [0.3, 0.4) is 0 Å². The van der Waals surface area contributed by atoms with Crippen LogP contribution < -0.4 is 10.3 Å². The maximum Gasteiger partial charge on any atom is 0.261 e. The minimum absolute atomic E-state index is 0.0102. The van der Waals surface area contributed by atoms with Crippen LogP contribution in [-0.2, 0) is 5.41 Å². The second-order valence-electron chi connectivity index (χ2n) is 5.39. The van der Waals surface area contributed by atoms with E-state index in [4.69, 9.17) is 4.74 Å². The van der Waals surface area contributed by atoms with E-state index in [0.29, 0.717) is 6.61 Å². The molecule has 19 heavy (non-hydrogen) atoms. The Labute approximate surface area is 110 Å². The molecular weight excluding hydrogens is 247 g/mol. The maximum absolute atomic E-state index is 14.1. The average Bonchev–Trinajstić information content (AvgIpc) is 2.29. The zero-order chi connectivity index (χ0) is 14.2. The fraction of sp³-hybridized carbons (Fsp3) is 0.429. The van der Waals surface area contributed by atoms with Crippen molar-refractivity contribution < 1.29 is 9.13 Å². The molecule has 0 amide bonds. The van der Waals surface area contributed by atoms with E-state index < -0.39 is 5.82 Å². The summed E-state index contributed by atoms with van der Waals surface area (Å²) < 4.78 is 20.5. The van der Waals surface area contributed by atoms with Crippen LogP contribution in [-0.4, -0.2) is 16.0 Å². The van der Waals surface area contributed by atoms with Crippen molar-refractivity contribution in [1.29, 1.82) is 0 Å². The molecule has 0 saturated heterocycles. The summed E-state index contributed by atoms with van der Waals surface area (Å²) >= 11 is 0. The second-order valence-corrected chi connectivity index (χ2v) is 5.39. The van der Waals surface area contributed by atoms with Gasteiger partial charge in [0.25, 0.3) is 5.56 Å². The number of fused-ring (bicyclic) bond motifs is 1. The van der Waals surface area contributed by atoms with Gasteiger partial charge >= 0.3 is 0 Å². The minimum Gasteiger partial charge on any atom is -0.478 e. The fourth-order valence-corrected chi connectivity index (χ4v) is 1.77. The van der Waals surface area contributed by atoms with Gasteiger partial charge < -0.3 is 4.74 Å². The molecule has 0 radical (unpaired) electrons. The van der Waals surface area contributed by atoms with Gasteiger partial charge in [-0.3, -0.25) is 9.20 Å². The number of halogens is 1. The fourth-order valence-electron chi connectivity index (χ4n) is 1.77. The predicted molar refractivity (Wildman–Crippen MR) is 71.3 cm³/mol. The molecule has 5 heteroatoms. The molecule has 2 aromatic rings. The molecule has 0 N–H and O–H groups in total. The van der Waals surface area contributed by atoms with Crippen molar-refractivity contribution in [2.24, 2.45) is 0 Å². The lowest BCUT2D eigenvalue weighted by atomic mass is 9.88. The lowest BCUT2D eigenvalue weighted by Gasteiger charge is -2.19. The molecule has 0 bridgehead atoms. The lowest BCUT2D eigenvalue weighted by Crippen LogP contribution is -2.20. The summed E-state index contributed by atoms with van der Waals surface area (Å²) in [6.07, 6.45) is 1.63. The number of hydrogen-bond acceptors (Lipinski definition) is 3. The molecule has 4 nitrogen and oxygen atoms in total. The Morgan fingerprint density at radius 1 is 1.37 bits per heavy atom. The maximum atomic E-state index is 14.1. The third-order valence-corrected chi connectivity index (χ3v) is 2.85. The highest BCUT2D eigenvalue weighted by Gasteiger charge is 2.18. The van der Waals surface area contributed by atoms with Crippen molar-refractivity contribution >= 4 is 5.65 Å². The average molecular weight is 264 g/mol. The van der Waals surface area contributed by atoms with Gasteiger partial charge in [0.05, 0.1) is 12.7 Å². The molecule has 0 aliphatic rings. The SMILES string of the molecule is CCOc1cc(=O)n2cc(C(C)(C)C)cc(F)c2n1. The van der Waals surface area contributed by atoms with E-state index in [-0.39, 0.29) is 22.5 Å². The first kappa shape index (κ1) is 13.5. The van der Waals surface area contributed by atoms with E-state index in [1.807, 2.05) is 20.8 Å². The van der Waals surface area contributed by atoms with Crippen molar-refractivity contribution in [1.82, 2.24) is 9.38 Å². The molecule has 0 aromatic carbocycles. The molecule has 0 fully saturated rings. The van der Waals surface area contributed by atoms with E-state index in [1.165, 1.54) is 16.5 Å². The summed E-state index contributed by atoms with van der Waals surface area (Å²) in [4.78, 5) is 16.0. The Morgan fingerprint density at radius 3 is 2.63 bits per heavy atom. The van der Waals surface area contributed by atoms with Crippen LogP contribution in [0.15, 0.2) is 23.1 Å². The van der Waals surface area contributed by atoms with E-state index in [0.717, 1.165) is 5.56 Å². The standard InChI is InChI=1S/C14H17FN2O2/c1-5-19-11-7-12(18)17-8-9(14(2,3)4)6-10(15)13(17)16-11/h6-8H,5H2,1-4H3. The Hall–Kier alpha value is -1.91. The summed E-state index contributed by atoms with van der Waals surface area (Å²) in [6.45, 7) is 8.04. The molecule has 2 heterocycles. The molecule has 0 spiro atoms. The third-order valence-electron chi connectivity index (χ3n) is 2.85. The highest BCUT2D eigenvalue weighted by molar-refractivity contribution is 5.44. The van der Waals surface area contributed by atoms with E-state index in [1.54, 1.807) is 13.1 Å². The van der Waals surface area contributed by atoms with Gasteiger partial charge in [-0.1, -0.05) is 20.8 Å². The molecule has 0 aliphatic carbocycles. The summed E-state index contributed by atoms with van der Waals surface area (Å²) in [5.41, 5.74) is 0.139. The van der Waals surface area contributed by atoms with Crippen LogP contribution in [0.25, 0.3) is 5.65 Å². The highest BCUT2D eigenvalue weighted by Crippen LogP contribution is 2.23. The lowest BCUT2D eigenvalue weighted by molar-refractivity contribution is 0.326. The summed E-state index contributed by atoms with van der Waals surface area (Å²) in [6, 6.07) is 2.68. The van der Waals surface area contributed by atoms with Gasteiger partial charge in [-0.2, -0.15) is 4.98 Å². The zero-order valence-electron chi connectivity index (χ0n) is 11.5. The molecule has 0 saturated carbocycles. The predicted octanol–water partition coefficient (Wildman–Crippen LogP) is 2.53. The van der Waals surface area contributed by atoms with Gasteiger partial charge in [-0.05, 0) is 24.0 Å². The monoisotopic (exact) mass is 264 g/mol. The largest absolute Gasteiger partial charge is 0.478 e. The third kappa shape index (κ3) is 2.59. The Bertz CT molecular complexity index is 671. The van der Waals surface area contributed by atoms with Crippen LogP contribution in [0.5, 0.6) is 5.88 Å². The van der Waals surface area contributed by atoms with Crippen molar-refractivity contribution in [2.45, 2.75) is 33.1 Å². The summed E-state index contributed by atoms with van der Waals surface area (Å²) in [5, 5.41) is 0. The first-order valence-corrected chi connectivity index (χ1v) is 6.19. The van der Waals surface area contributed by atoms with Crippen LogP contribution in [0.2, 0.25) is 0 Å². The zero-order valence-corrected chi connectivity index (χ0v) is 11.5. The molecule has 0 aliphatic heterocycles. The van der Waals surface area contributed by atoms with Gasteiger partial charge in [0, 0.05) is 6.20 Å². The Balaban J connectivity index is 2.73. The number of hydrogen-bond donors (Lipinski definition) is 0. The van der Waals surface area contributed by atoms with Gasteiger partial charge in [0.2, 0.25) is 5.88 Å². The first-order chi connectivity index (χ1) is 8.82. The van der Waals surface area contributed by atoms with Crippen molar-refractivity contribution in [3.8, 4) is 5.88 Å². The quantitative estimate of drug-likeness (QED) is 0.837. The van der Waals surface area contributed by atoms with Crippen LogP contribution in [0, 0.1) is 5.82 Å². The van der Waals surface area contributed by atoms with E-state index in [2.05, 4.69) is 4.98 Å². The van der Waals surface area contributed by atoms with Gasteiger partial charge in [-0.25, -0.2) is 4.39 Å². The van der Waals surface area contributed by atoms with E-state index in [9.17, 15) is 9.18 Å². The summed E-state index contributed by atoms with van der Waals surface area (Å²) in [5.74, 6) is -0.374. The van der Waals surface area contributed by atoms with Crippen LogP contribution in [0.4, 0.5) is 4.39 Å². The molecule has 2 rings (SSSR count). The Morgan fingerprint density at radius 2 is 2.05 bits per heavy atom. The first-order valence-electron chi connectivity index (χ1n) is 6.19. The van der Waals surface area contributed by atoms with Gasteiger partial charge in [0.1, 0.15) is 0 Å². The molecule has 102 valence electrons. The molecular formula is C14H17FN2O2. The van der Waals surface area contributed by atoms with Crippen molar-refractivity contribution in [3.05, 3.63) is 40.1 Å². The number of ether oxygens (including phenoxy) is 1. The van der Waals surface area contributed by atoms with Crippen molar-refractivity contribution in [3.63, 3.8) is 0 Å². The number of pyridine rings is 1. The second kappa shape index (κ2) is 4.64. The number of aromatic nitrogens is 2. The molecule has 0 unspecified atom stereocenters. The number of nitrogens with zero attached hydrogens (tertiary/aromatic N) is 2. The molecule has 2 aromatic heterocycles. The molecule has 0 atom stereocenters. The van der Waals surface area contributed by atoms with E-state index >= 15 is 0 Å². The summed E-state index contributed by atoms with van der Waals surface area (Å²) in [7, 11) is 0. The number of rotatable bonds is 2. The van der Waals surface area contributed by atoms with Crippen LogP contribution in [0.1, 0.15) is 33.3 Å². The van der Waals surface area contributed by atoms with Crippen LogP contribution >= 0.6 is 0 Å².